The molecule has 3 aromatic rings. The summed E-state index contributed by atoms with van der Waals surface area (Å²) >= 11 is 0. The van der Waals surface area contributed by atoms with Crippen molar-refractivity contribution in [3.8, 4) is 0 Å². The van der Waals surface area contributed by atoms with Gasteiger partial charge in [-0.3, -0.25) is 0 Å². The van der Waals surface area contributed by atoms with E-state index in [1.807, 2.05) is 16.7 Å². The molecule has 0 saturated heterocycles. The summed E-state index contributed by atoms with van der Waals surface area (Å²) in [7, 11) is 1.38. The van der Waals surface area contributed by atoms with E-state index in [4.69, 9.17) is 4.74 Å². The van der Waals surface area contributed by atoms with Gasteiger partial charge in [0.25, 0.3) is 0 Å². The fraction of sp³-hybridized carbons (Fsp3) is 0.176. The average molecular weight is 280 g/mol. The third-order valence-corrected chi connectivity index (χ3v) is 3.54. The van der Waals surface area contributed by atoms with Crippen LogP contribution in [0.3, 0.4) is 0 Å². The Balaban J connectivity index is 2.01. The van der Waals surface area contributed by atoms with Crippen LogP contribution in [0.4, 0.5) is 0 Å². The number of fused-ring (bicyclic) bond motifs is 1. The summed E-state index contributed by atoms with van der Waals surface area (Å²) in [5, 5.41) is 0. The number of ether oxygens (including phenoxy) is 1. The van der Waals surface area contributed by atoms with E-state index in [0.29, 0.717) is 5.56 Å². The zero-order chi connectivity index (χ0) is 14.8. The van der Waals surface area contributed by atoms with Crippen molar-refractivity contribution in [3.05, 3.63) is 71.3 Å². The molecule has 0 aliphatic heterocycles. The molecule has 0 aliphatic rings. The van der Waals surface area contributed by atoms with E-state index in [1.165, 1.54) is 18.2 Å². The van der Waals surface area contributed by atoms with Gasteiger partial charge in [-0.1, -0.05) is 29.8 Å². The molecule has 2 aromatic heterocycles. The number of methoxy groups -OCH3 is 1. The van der Waals surface area contributed by atoms with Crippen LogP contribution in [0, 0.1) is 6.92 Å². The van der Waals surface area contributed by atoms with Gasteiger partial charge in [0.05, 0.1) is 24.4 Å². The molecule has 4 nitrogen and oxygen atoms in total. The van der Waals surface area contributed by atoms with Crippen molar-refractivity contribution in [2.75, 3.05) is 7.11 Å². The molecule has 0 radical (unpaired) electrons. The first-order chi connectivity index (χ1) is 10.2. The van der Waals surface area contributed by atoms with Gasteiger partial charge in [-0.25, -0.2) is 9.78 Å². The number of pyridine rings is 1. The number of nitrogens with zero attached hydrogens (tertiary/aromatic N) is 2. The highest BCUT2D eigenvalue weighted by Gasteiger charge is 2.13. The molecular formula is C17H16N2O2. The van der Waals surface area contributed by atoms with Crippen LogP contribution < -0.4 is 0 Å². The van der Waals surface area contributed by atoms with Crippen LogP contribution in [-0.2, 0) is 11.2 Å². The molecule has 0 atom stereocenters. The van der Waals surface area contributed by atoms with Gasteiger partial charge >= 0.3 is 5.97 Å². The van der Waals surface area contributed by atoms with Gasteiger partial charge in [0, 0.05) is 12.6 Å². The van der Waals surface area contributed by atoms with Gasteiger partial charge in [-0.15, -0.1) is 0 Å². The SMILES string of the molecule is COC(=O)c1cccn2c(Cc3ccc(C)cc3)ncc12. The van der Waals surface area contributed by atoms with Gasteiger partial charge in [0.15, 0.2) is 0 Å². The van der Waals surface area contributed by atoms with E-state index in [-0.39, 0.29) is 5.97 Å². The maximum atomic E-state index is 11.8. The molecule has 0 N–H and O–H groups in total. The van der Waals surface area contributed by atoms with Crippen molar-refractivity contribution >= 4 is 11.5 Å². The average Bonchev–Trinajstić information content (AvgIpc) is 2.92. The molecule has 0 saturated carbocycles. The van der Waals surface area contributed by atoms with Crippen molar-refractivity contribution in [1.29, 1.82) is 0 Å². The molecule has 1 aromatic carbocycles. The summed E-state index contributed by atoms with van der Waals surface area (Å²) in [5.41, 5.74) is 3.73. The summed E-state index contributed by atoms with van der Waals surface area (Å²) in [6.45, 7) is 2.07. The Morgan fingerprint density at radius 3 is 2.71 bits per heavy atom. The summed E-state index contributed by atoms with van der Waals surface area (Å²) in [6.07, 6.45) is 4.35. The number of carbonyl (C=O) groups is 1. The standard InChI is InChI=1S/C17H16N2O2/c1-12-5-7-13(8-6-12)10-16-18-11-15-14(17(20)21-2)4-3-9-19(15)16/h3-9,11H,10H2,1-2H3. The van der Waals surface area contributed by atoms with Gasteiger partial charge in [-0.05, 0) is 24.6 Å². The first-order valence-corrected chi connectivity index (χ1v) is 6.78. The van der Waals surface area contributed by atoms with Crippen LogP contribution in [0.15, 0.2) is 48.8 Å². The molecule has 106 valence electrons. The zero-order valence-electron chi connectivity index (χ0n) is 12.0. The normalized spacial score (nSPS) is 10.8. The number of hydrogen-bond acceptors (Lipinski definition) is 3. The lowest BCUT2D eigenvalue weighted by molar-refractivity contribution is 0.0602. The van der Waals surface area contributed by atoms with Gasteiger partial charge in [0.1, 0.15) is 5.82 Å². The summed E-state index contributed by atoms with van der Waals surface area (Å²) in [6, 6.07) is 12.0. The molecule has 2 heterocycles. The number of imidazole rings is 1. The van der Waals surface area contributed by atoms with Gasteiger partial charge in [0.2, 0.25) is 0 Å². The van der Waals surface area contributed by atoms with Crippen molar-refractivity contribution in [2.24, 2.45) is 0 Å². The largest absolute Gasteiger partial charge is 0.465 e. The minimum atomic E-state index is -0.345. The fourth-order valence-electron chi connectivity index (χ4n) is 2.38. The number of esters is 1. The second kappa shape index (κ2) is 5.40. The monoisotopic (exact) mass is 280 g/mol. The summed E-state index contributed by atoms with van der Waals surface area (Å²) < 4.78 is 6.74. The molecule has 3 rings (SSSR count). The van der Waals surface area contributed by atoms with Crippen LogP contribution in [0.5, 0.6) is 0 Å². The lowest BCUT2D eigenvalue weighted by Gasteiger charge is -2.05. The molecule has 4 heteroatoms. The first kappa shape index (κ1) is 13.4. The van der Waals surface area contributed by atoms with E-state index < -0.39 is 0 Å². The number of aromatic nitrogens is 2. The molecule has 0 unspecified atom stereocenters. The number of hydrogen-bond donors (Lipinski definition) is 0. The molecule has 0 aliphatic carbocycles. The Hall–Kier alpha value is -2.62. The predicted octanol–water partition coefficient (Wildman–Crippen LogP) is 3.02. The van der Waals surface area contributed by atoms with E-state index in [9.17, 15) is 4.79 Å². The van der Waals surface area contributed by atoms with Crippen molar-refractivity contribution < 1.29 is 9.53 Å². The molecule has 0 bridgehead atoms. The highest BCUT2D eigenvalue weighted by Crippen LogP contribution is 2.16. The second-order valence-electron chi connectivity index (χ2n) is 5.01. The summed E-state index contributed by atoms with van der Waals surface area (Å²) in [4.78, 5) is 16.2. The lowest BCUT2D eigenvalue weighted by atomic mass is 10.1. The molecule has 0 fully saturated rings. The molecular weight excluding hydrogens is 264 g/mol. The highest BCUT2D eigenvalue weighted by atomic mass is 16.5. The van der Waals surface area contributed by atoms with Crippen LogP contribution in [-0.4, -0.2) is 22.5 Å². The minimum Gasteiger partial charge on any atom is -0.465 e. The Morgan fingerprint density at radius 1 is 1.24 bits per heavy atom. The number of benzene rings is 1. The molecule has 0 spiro atoms. The van der Waals surface area contributed by atoms with Gasteiger partial charge < -0.3 is 9.14 Å². The van der Waals surface area contributed by atoms with E-state index in [1.54, 1.807) is 12.3 Å². The third-order valence-electron chi connectivity index (χ3n) is 3.54. The number of rotatable bonds is 3. The highest BCUT2D eigenvalue weighted by molar-refractivity contribution is 5.96. The van der Waals surface area contributed by atoms with Crippen LogP contribution in [0.1, 0.15) is 27.3 Å². The van der Waals surface area contributed by atoms with Crippen molar-refractivity contribution in [3.63, 3.8) is 0 Å². The Kier molecular flexibility index (Phi) is 3.44. The molecule has 21 heavy (non-hydrogen) atoms. The topological polar surface area (TPSA) is 43.6 Å². The van der Waals surface area contributed by atoms with Crippen molar-refractivity contribution in [1.82, 2.24) is 9.38 Å². The smallest absolute Gasteiger partial charge is 0.340 e. The van der Waals surface area contributed by atoms with Gasteiger partial charge in [-0.2, -0.15) is 0 Å². The van der Waals surface area contributed by atoms with Crippen LogP contribution in [0.2, 0.25) is 0 Å². The third kappa shape index (κ3) is 2.52. The quantitative estimate of drug-likeness (QED) is 0.693. The Morgan fingerprint density at radius 2 is 2.00 bits per heavy atom. The minimum absolute atomic E-state index is 0.345. The predicted molar refractivity (Wildman–Crippen MR) is 80.5 cm³/mol. The fourth-order valence-corrected chi connectivity index (χ4v) is 2.38. The maximum Gasteiger partial charge on any atom is 0.340 e. The maximum absolute atomic E-state index is 11.8. The van der Waals surface area contributed by atoms with E-state index >= 15 is 0 Å². The van der Waals surface area contributed by atoms with Crippen LogP contribution >= 0.6 is 0 Å². The van der Waals surface area contributed by atoms with E-state index in [0.717, 1.165) is 17.8 Å². The van der Waals surface area contributed by atoms with E-state index in [2.05, 4.69) is 36.2 Å². The molecule has 0 amide bonds. The van der Waals surface area contributed by atoms with Crippen molar-refractivity contribution in [2.45, 2.75) is 13.3 Å². The zero-order valence-corrected chi connectivity index (χ0v) is 12.0. The Bertz CT molecular complexity index is 788. The lowest BCUT2D eigenvalue weighted by Crippen LogP contribution is -2.04. The first-order valence-electron chi connectivity index (χ1n) is 6.78. The number of carbonyl (C=O) groups excluding carboxylic acids is 1. The number of aryl methyl sites for hydroxylation is 1. The summed E-state index contributed by atoms with van der Waals surface area (Å²) in [5.74, 6) is 0.557. The Labute approximate surface area is 123 Å². The van der Waals surface area contributed by atoms with Crippen LogP contribution in [0.25, 0.3) is 5.52 Å². The second-order valence-corrected chi connectivity index (χ2v) is 5.01.